The number of aromatic nitrogens is 1. The van der Waals surface area contributed by atoms with E-state index in [2.05, 4.69) is 31.5 Å². The number of methoxy groups -OCH3 is 1. The van der Waals surface area contributed by atoms with E-state index in [0.29, 0.717) is 10.8 Å². The van der Waals surface area contributed by atoms with Gasteiger partial charge in [-0.15, -0.1) is 11.3 Å². The lowest BCUT2D eigenvalue weighted by Gasteiger charge is -2.15. The van der Waals surface area contributed by atoms with Gasteiger partial charge >= 0.3 is 0 Å². The molecule has 7 nitrogen and oxygen atoms in total. The van der Waals surface area contributed by atoms with Gasteiger partial charge in [0.1, 0.15) is 5.75 Å². The number of ether oxygens (including phenoxy) is 1. The Labute approximate surface area is 174 Å². The number of nitrogens with zero attached hydrogens (tertiary/aromatic N) is 1. The molecule has 1 aromatic carbocycles. The van der Waals surface area contributed by atoms with E-state index in [1.54, 1.807) is 24.6 Å². The van der Waals surface area contributed by atoms with E-state index in [-0.39, 0.29) is 30.0 Å². The summed E-state index contributed by atoms with van der Waals surface area (Å²) in [7, 11) is 1.60. The van der Waals surface area contributed by atoms with Gasteiger partial charge in [0.2, 0.25) is 5.91 Å². The van der Waals surface area contributed by atoms with Crippen LogP contribution in [0, 0.1) is 0 Å². The van der Waals surface area contributed by atoms with Gasteiger partial charge in [0.05, 0.1) is 36.0 Å². The van der Waals surface area contributed by atoms with E-state index in [1.807, 2.05) is 25.1 Å². The van der Waals surface area contributed by atoms with Crippen LogP contribution in [-0.4, -0.2) is 23.9 Å². The summed E-state index contributed by atoms with van der Waals surface area (Å²) in [6.45, 7) is 1.90. The van der Waals surface area contributed by atoms with E-state index in [1.165, 1.54) is 17.6 Å². The molecule has 28 heavy (non-hydrogen) atoms. The lowest BCUT2D eigenvalue weighted by atomic mass is 10.1. The summed E-state index contributed by atoms with van der Waals surface area (Å²) in [6, 6.07) is 8.68. The van der Waals surface area contributed by atoms with Crippen LogP contribution in [0.25, 0.3) is 0 Å². The van der Waals surface area contributed by atoms with Crippen molar-refractivity contribution in [1.29, 1.82) is 0 Å². The summed E-state index contributed by atoms with van der Waals surface area (Å²) in [5, 5.41) is 7.75. The first-order chi connectivity index (χ1) is 13.5. The fraction of sp³-hybridized carbons (Fsp3) is 0.211. The molecular weight excluding hydrogens is 446 g/mol. The molecule has 0 aliphatic carbocycles. The minimum absolute atomic E-state index is 0.120. The van der Waals surface area contributed by atoms with E-state index in [4.69, 9.17) is 9.15 Å². The molecule has 0 spiro atoms. The number of nitrogens with one attached hydrogen (secondary N) is 2. The number of rotatable bonds is 7. The topological polar surface area (TPSA) is 93.5 Å². The zero-order chi connectivity index (χ0) is 20.1. The standard InChI is InChI=1S/C19H18BrN3O4S/c1-11(12-5-6-15(26-2)14(20)8-12)21-17(24)9-13-10-28-19(22-13)23-18(25)16-4-3-7-27-16/h3-8,10-11H,9H2,1-2H3,(H,21,24)(H,22,23,25). The Balaban J connectivity index is 1.55. The van der Waals surface area contributed by atoms with Gasteiger partial charge in [-0.2, -0.15) is 0 Å². The molecule has 0 bridgehead atoms. The maximum absolute atomic E-state index is 12.3. The molecule has 0 saturated carbocycles. The molecule has 0 aliphatic rings. The molecule has 2 N–H and O–H groups in total. The van der Waals surface area contributed by atoms with Crippen LogP contribution in [0.4, 0.5) is 5.13 Å². The highest BCUT2D eigenvalue weighted by Gasteiger charge is 2.15. The third-order valence-corrected chi connectivity index (χ3v) is 5.34. The van der Waals surface area contributed by atoms with Gasteiger partial charge in [0, 0.05) is 5.38 Å². The summed E-state index contributed by atoms with van der Waals surface area (Å²) < 4.78 is 11.1. The summed E-state index contributed by atoms with van der Waals surface area (Å²) in [4.78, 5) is 28.6. The number of thiazole rings is 1. The minimum Gasteiger partial charge on any atom is -0.496 e. The van der Waals surface area contributed by atoms with Crippen molar-refractivity contribution in [3.63, 3.8) is 0 Å². The SMILES string of the molecule is COc1ccc(C(C)NC(=O)Cc2csc(NC(=O)c3ccco3)n2)cc1Br. The molecule has 0 fully saturated rings. The van der Waals surface area contributed by atoms with Gasteiger partial charge in [-0.3, -0.25) is 14.9 Å². The van der Waals surface area contributed by atoms with Crippen molar-refractivity contribution in [2.75, 3.05) is 12.4 Å². The minimum atomic E-state index is -0.381. The number of benzene rings is 1. The van der Waals surface area contributed by atoms with E-state index in [0.717, 1.165) is 15.8 Å². The highest BCUT2D eigenvalue weighted by Crippen LogP contribution is 2.28. The average Bonchev–Trinajstić information content (AvgIpc) is 3.33. The second-order valence-corrected chi connectivity index (χ2v) is 7.65. The van der Waals surface area contributed by atoms with Crippen LogP contribution in [0.15, 0.2) is 50.9 Å². The zero-order valence-corrected chi connectivity index (χ0v) is 17.6. The third kappa shape index (κ3) is 4.99. The Morgan fingerprint density at radius 2 is 2.18 bits per heavy atom. The molecule has 146 valence electrons. The largest absolute Gasteiger partial charge is 0.496 e. The van der Waals surface area contributed by atoms with Crippen LogP contribution >= 0.6 is 27.3 Å². The quantitative estimate of drug-likeness (QED) is 0.547. The van der Waals surface area contributed by atoms with Crippen molar-refractivity contribution >= 4 is 44.2 Å². The first-order valence-electron chi connectivity index (χ1n) is 8.38. The summed E-state index contributed by atoms with van der Waals surface area (Å²) in [5.41, 5.74) is 1.53. The van der Waals surface area contributed by atoms with E-state index in [9.17, 15) is 9.59 Å². The van der Waals surface area contributed by atoms with Crippen molar-refractivity contribution in [3.05, 3.63) is 63.5 Å². The fourth-order valence-electron chi connectivity index (χ4n) is 2.50. The fourth-order valence-corrected chi connectivity index (χ4v) is 3.77. The molecule has 3 rings (SSSR count). The Morgan fingerprint density at radius 3 is 2.86 bits per heavy atom. The van der Waals surface area contributed by atoms with Gasteiger partial charge in [-0.25, -0.2) is 4.98 Å². The number of furan rings is 1. The number of amides is 2. The first kappa shape index (κ1) is 20.1. The predicted molar refractivity (Wildman–Crippen MR) is 110 cm³/mol. The first-order valence-corrected chi connectivity index (χ1v) is 10.1. The molecule has 9 heteroatoms. The van der Waals surface area contributed by atoms with Gasteiger partial charge < -0.3 is 14.5 Å². The second-order valence-electron chi connectivity index (χ2n) is 5.94. The van der Waals surface area contributed by atoms with Crippen LogP contribution < -0.4 is 15.4 Å². The molecule has 2 heterocycles. The molecule has 0 radical (unpaired) electrons. The van der Waals surface area contributed by atoms with Crippen LogP contribution in [0.5, 0.6) is 5.75 Å². The Hall–Kier alpha value is -2.65. The summed E-state index contributed by atoms with van der Waals surface area (Å²) in [6.07, 6.45) is 1.55. The number of carbonyl (C=O) groups is 2. The number of anilines is 1. The van der Waals surface area contributed by atoms with Crippen LogP contribution in [0.1, 0.15) is 34.8 Å². The van der Waals surface area contributed by atoms with Gasteiger partial charge in [0.25, 0.3) is 5.91 Å². The molecule has 3 aromatic rings. The van der Waals surface area contributed by atoms with Gasteiger partial charge in [-0.1, -0.05) is 6.07 Å². The van der Waals surface area contributed by atoms with Crippen LogP contribution in [0.3, 0.4) is 0 Å². The Morgan fingerprint density at radius 1 is 1.36 bits per heavy atom. The lowest BCUT2D eigenvalue weighted by Crippen LogP contribution is -2.28. The Kier molecular flexibility index (Phi) is 6.48. The number of hydrogen-bond donors (Lipinski definition) is 2. The molecule has 2 amide bonds. The lowest BCUT2D eigenvalue weighted by molar-refractivity contribution is -0.121. The monoisotopic (exact) mass is 463 g/mol. The van der Waals surface area contributed by atoms with Gasteiger partial charge in [0.15, 0.2) is 10.9 Å². The van der Waals surface area contributed by atoms with Crippen molar-refractivity contribution < 1.29 is 18.7 Å². The van der Waals surface area contributed by atoms with E-state index < -0.39 is 0 Å². The molecule has 1 atom stereocenters. The highest BCUT2D eigenvalue weighted by molar-refractivity contribution is 9.10. The number of carbonyl (C=O) groups excluding carboxylic acids is 2. The smallest absolute Gasteiger partial charge is 0.293 e. The molecule has 0 aliphatic heterocycles. The number of halogens is 1. The van der Waals surface area contributed by atoms with Crippen LogP contribution in [0.2, 0.25) is 0 Å². The number of hydrogen-bond acceptors (Lipinski definition) is 6. The third-order valence-electron chi connectivity index (χ3n) is 3.91. The van der Waals surface area contributed by atoms with Crippen molar-refractivity contribution in [1.82, 2.24) is 10.3 Å². The molecule has 2 aromatic heterocycles. The van der Waals surface area contributed by atoms with Crippen molar-refractivity contribution in [3.8, 4) is 5.75 Å². The maximum Gasteiger partial charge on any atom is 0.293 e. The van der Waals surface area contributed by atoms with Crippen LogP contribution in [-0.2, 0) is 11.2 Å². The summed E-state index contributed by atoms with van der Waals surface area (Å²) >= 11 is 4.70. The molecule has 0 saturated heterocycles. The molecular formula is C19H18BrN3O4S. The Bertz CT molecular complexity index is 971. The van der Waals surface area contributed by atoms with E-state index >= 15 is 0 Å². The second kappa shape index (κ2) is 9.03. The summed E-state index contributed by atoms with van der Waals surface area (Å²) in [5.74, 6) is 0.394. The van der Waals surface area contributed by atoms with Crippen molar-refractivity contribution in [2.45, 2.75) is 19.4 Å². The molecule has 1 unspecified atom stereocenters. The predicted octanol–water partition coefficient (Wildman–Crippen LogP) is 4.18. The maximum atomic E-state index is 12.3. The van der Waals surface area contributed by atoms with Gasteiger partial charge in [-0.05, 0) is 52.7 Å². The zero-order valence-electron chi connectivity index (χ0n) is 15.2. The normalized spacial score (nSPS) is 11.7. The average molecular weight is 464 g/mol. The highest BCUT2D eigenvalue weighted by atomic mass is 79.9. The van der Waals surface area contributed by atoms with Crippen molar-refractivity contribution in [2.24, 2.45) is 0 Å².